The van der Waals surface area contributed by atoms with Gasteiger partial charge in [0.1, 0.15) is 5.75 Å². The Morgan fingerprint density at radius 1 is 0.893 bits per heavy atom. The zero-order chi connectivity index (χ0) is 19.3. The third-order valence-electron chi connectivity index (χ3n) is 4.37. The summed E-state index contributed by atoms with van der Waals surface area (Å²) in [6, 6.07) is 21.0. The Bertz CT molecular complexity index is 1050. The average molecular weight is 372 g/mol. The van der Waals surface area contributed by atoms with Gasteiger partial charge < -0.3 is 9.52 Å². The standard InChI is InChI=1S/C22H20N4O2/c1-26(15-21-24-25-22(28-21)16-7-3-2-4-8-16)14-18-13-17(10-11-20(18)27)19-9-5-6-12-23-19/h2-13,27H,14-15H2,1H3. The number of benzene rings is 2. The predicted octanol–water partition coefficient (Wildman–Crippen LogP) is 4.14. The van der Waals surface area contributed by atoms with E-state index in [4.69, 9.17) is 4.42 Å². The third kappa shape index (κ3) is 4.07. The number of hydrogen-bond donors (Lipinski definition) is 1. The van der Waals surface area contributed by atoms with Crippen molar-refractivity contribution in [2.24, 2.45) is 0 Å². The maximum atomic E-state index is 10.3. The van der Waals surface area contributed by atoms with Crippen LogP contribution in [0, 0.1) is 0 Å². The lowest BCUT2D eigenvalue weighted by Gasteiger charge is -2.16. The number of rotatable bonds is 6. The van der Waals surface area contributed by atoms with Gasteiger partial charge in [0.25, 0.3) is 0 Å². The molecule has 2 aromatic carbocycles. The van der Waals surface area contributed by atoms with Crippen LogP contribution in [0.5, 0.6) is 5.75 Å². The van der Waals surface area contributed by atoms with Gasteiger partial charge in [-0.1, -0.05) is 24.3 Å². The Morgan fingerprint density at radius 2 is 1.71 bits per heavy atom. The lowest BCUT2D eigenvalue weighted by Crippen LogP contribution is -2.17. The Hall–Kier alpha value is -3.51. The van der Waals surface area contributed by atoms with Crippen molar-refractivity contribution in [3.63, 3.8) is 0 Å². The van der Waals surface area contributed by atoms with Gasteiger partial charge in [-0.05, 0) is 49.5 Å². The van der Waals surface area contributed by atoms with Crippen molar-refractivity contribution in [1.29, 1.82) is 0 Å². The van der Waals surface area contributed by atoms with Gasteiger partial charge in [-0.25, -0.2) is 0 Å². The first-order chi connectivity index (χ1) is 13.7. The molecule has 0 saturated carbocycles. The normalized spacial score (nSPS) is 11.1. The quantitative estimate of drug-likeness (QED) is 0.548. The summed E-state index contributed by atoms with van der Waals surface area (Å²) >= 11 is 0. The smallest absolute Gasteiger partial charge is 0.247 e. The van der Waals surface area contributed by atoms with Gasteiger partial charge in [-0.15, -0.1) is 10.2 Å². The number of pyridine rings is 1. The van der Waals surface area contributed by atoms with E-state index in [1.807, 2.05) is 72.6 Å². The molecule has 1 N–H and O–H groups in total. The van der Waals surface area contributed by atoms with Crippen molar-refractivity contribution in [3.05, 3.63) is 84.4 Å². The first-order valence-corrected chi connectivity index (χ1v) is 8.99. The van der Waals surface area contributed by atoms with Gasteiger partial charge in [0.2, 0.25) is 11.8 Å². The lowest BCUT2D eigenvalue weighted by atomic mass is 10.1. The molecular weight excluding hydrogens is 352 g/mol. The minimum Gasteiger partial charge on any atom is -0.508 e. The van der Waals surface area contributed by atoms with Gasteiger partial charge in [-0.3, -0.25) is 9.88 Å². The van der Waals surface area contributed by atoms with Crippen LogP contribution in [0.4, 0.5) is 0 Å². The molecule has 2 aromatic heterocycles. The van der Waals surface area contributed by atoms with Crippen LogP contribution in [0.25, 0.3) is 22.7 Å². The van der Waals surface area contributed by atoms with E-state index >= 15 is 0 Å². The molecule has 4 aromatic rings. The summed E-state index contributed by atoms with van der Waals surface area (Å²) in [5, 5.41) is 18.5. The molecule has 0 amide bonds. The van der Waals surface area contributed by atoms with E-state index < -0.39 is 0 Å². The van der Waals surface area contributed by atoms with Gasteiger partial charge in [0, 0.05) is 29.4 Å². The summed E-state index contributed by atoms with van der Waals surface area (Å²) in [6.45, 7) is 1.02. The van der Waals surface area contributed by atoms with Crippen LogP contribution < -0.4 is 0 Å². The number of hydrogen-bond acceptors (Lipinski definition) is 6. The second-order valence-corrected chi connectivity index (χ2v) is 6.60. The molecule has 0 bridgehead atoms. The molecule has 2 heterocycles. The molecule has 0 fully saturated rings. The number of nitrogens with zero attached hydrogens (tertiary/aromatic N) is 4. The lowest BCUT2D eigenvalue weighted by molar-refractivity contribution is 0.279. The second kappa shape index (κ2) is 8.02. The van der Waals surface area contributed by atoms with Crippen LogP contribution in [0.2, 0.25) is 0 Å². The number of phenolic OH excluding ortho intramolecular Hbond substituents is 1. The Morgan fingerprint density at radius 3 is 2.50 bits per heavy atom. The molecule has 0 aliphatic rings. The van der Waals surface area contributed by atoms with Crippen LogP contribution in [-0.2, 0) is 13.1 Å². The summed E-state index contributed by atoms with van der Waals surface area (Å²) in [5.41, 5.74) is 3.54. The number of aromatic nitrogens is 3. The molecule has 28 heavy (non-hydrogen) atoms. The van der Waals surface area contributed by atoms with Crippen LogP contribution in [0.1, 0.15) is 11.5 Å². The molecule has 6 heteroatoms. The molecule has 4 rings (SSSR count). The topological polar surface area (TPSA) is 75.3 Å². The van der Waals surface area contributed by atoms with Crippen molar-refractivity contribution in [1.82, 2.24) is 20.1 Å². The summed E-state index contributed by atoms with van der Waals surface area (Å²) in [4.78, 5) is 6.38. The van der Waals surface area contributed by atoms with Crippen LogP contribution in [0.3, 0.4) is 0 Å². The molecular formula is C22H20N4O2. The van der Waals surface area contributed by atoms with E-state index in [2.05, 4.69) is 15.2 Å². The van der Waals surface area contributed by atoms with Gasteiger partial charge >= 0.3 is 0 Å². The zero-order valence-corrected chi connectivity index (χ0v) is 15.5. The summed E-state index contributed by atoms with van der Waals surface area (Å²) in [6.07, 6.45) is 1.76. The molecule has 140 valence electrons. The summed E-state index contributed by atoms with van der Waals surface area (Å²) < 4.78 is 5.76. The fraction of sp³-hybridized carbons (Fsp3) is 0.136. The van der Waals surface area contributed by atoms with Crippen molar-refractivity contribution in [2.75, 3.05) is 7.05 Å². The van der Waals surface area contributed by atoms with E-state index in [1.165, 1.54) is 0 Å². The van der Waals surface area contributed by atoms with E-state index in [0.717, 1.165) is 22.4 Å². The number of phenols is 1. The minimum atomic E-state index is 0.252. The van der Waals surface area contributed by atoms with Crippen LogP contribution >= 0.6 is 0 Å². The SMILES string of the molecule is CN(Cc1nnc(-c2ccccc2)o1)Cc1cc(-c2ccccn2)ccc1O. The van der Waals surface area contributed by atoms with E-state index in [-0.39, 0.29) is 5.75 Å². The van der Waals surface area contributed by atoms with Crippen LogP contribution in [0.15, 0.2) is 77.3 Å². The Kier molecular flexibility index (Phi) is 5.12. The maximum Gasteiger partial charge on any atom is 0.247 e. The highest BCUT2D eigenvalue weighted by Crippen LogP contribution is 2.26. The fourth-order valence-corrected chi connectivity index (χ4v) is 3.00. The molecule has 0 aliphatic heterocycles. The molecule has 0 saturated heterocycles. The van der Waals surface area contributed by atoms with Crippen molar-refractivity contribution in [3.8, 4) is 28.5 Å². The molecule has 0 radical (unpaired) electrons. The average Bonchev–Trinajstić information content (AvgIpc) is 3.19. The highest BCUT2D eigenvalue weighted by Gasteiger charge is 2.13. The summed E-state index contributed by atoms with van der Waals surface area (Å²) in [5.74, 6) is 1.28. The van der Waals surface area contributed by atoms with Crippen LogP contribution in [-0.4, -0.2) is 32.2 Å². The van der Waals surface area contributed by atoms with Gasteiger partial charge in [-0.2, -0.15) is 0 Å². The van der Waals surface area contributed by atoms with E-state index in [0.29, 0.717) is 24.9 Å². The van der Waals surface area contributed by atoms with E-state index in [9.17, 15) is 5.11 Å². The first kappa shape index (κ1) is 17.9. The highest BCUT2D eigenvalue weighted by atomic mass is 16.4. The first-order valence-electron chi connectivity index (χ1n) is 8.99. The monoisotopic (exact) mass is 372 g/mol. The second-order valence-electron chi connectivity index (χ2n) is 6.60. The maximum absolute atomic E-state index is 10.3. The molecule has 0 aliphatic carbocycles. The predicted molar refractivity (Wildman–Crippen MR) is 106 cm³/mol. The van der Waals surface area contributed by atoms with Crippen molar-refractivity contribution >= 4 is 0 Å². The largest absolute Gasteiger partial charge is 0.508 e. The Labute approximate surface area is 163 Å². The Balaban J connectivity index is 1.47. The van der Waals surface area contributed by atoms with Gasteiger partial charge in [0.15, 0.2) is 0 Å². The van der Waals surface area contributed by atoms with Crippen molar-refractivity contribution < 1.29 is 9.52 Å². The minimum absolute atomic E-state index is 0.252. The zero-order valence-electron chi connectivity index (χ0n) is 15.5. The molecule has 0 unspecified atom stereocenters. The van der Waals surface area contributed by atoms with Crippen molar-refractivity contribution in [2.45, 2.75) is 13.1 Å². The highest BCUT2D eigenvalue weighted by molar-refractivity contribution is 5.61. The molecule has 0 atom stereocenters. The summed E-state index contributed by atoms with van der Waals surface area (Å²) in [7, 11) is 1.94. The third-order valence-corrected chi connectivity index (χ3v) is 4.37. The fourth-order valence-electron chi connectivity index (χ4n) is 3.00. The molecule has 0 spiro atoms. The number of aromatic hydroxyl groups is 1. The van der Waals surface area contributed by atoms with Gasteiger partial charge in [0.05, 0.1) is 12.2 Å². The molecule has 6 nitrogen and oxygen atoms in total. The van der Waals surface area contributed by atoms with E-state index in [1.54, 1.807) is 12.3 Å².